The Labute approximate surface area is 136 Å². The topological polar surface area (TPSA) is 86.5 Å². The first-order chi connectivity index (χ1) is 10.2. The lowest BCUT2D eigenvalue weighted by Gasteiger charge is -2.09. The Morgan fingerprint density at radius 1 is 1.09 bits per heavy atom. The average molecular weight is 362 g/mol. The molecule has 0 saturated heterocycles. The number of nitro benzene ring substituents is 1. The predicted molar refractivity (Wildman–Crippen MR) is 82.1 cm³/mol. The Morgan fingerprint density at radius 2 is 1.77 bits per heavy atom. The second-order valence-electron chi connectivity index (χ2n) is 4.32. The van der Waals surface area contributed by atoms with E-state index in [1.807, 2.05) is 0 Å². The number of hydrogen-bond acceptors (Lipinski definition) is 5. The van der Waals surface area contributed by atoms with Crippen molar-refractivity contribution in [3.8, 4) is 5.75 Å². The van der Waals surface area contributed by atoms with Crippen molar-refractivity contribution in [2.75, 3.05) is 0 Å². The van der Waals surface area contributed by atoms with Crippen molar-refractivity contribution in [3.63, 3.8) is 0 Å². The van der Waals surface area contributed by atoms with Crippen LogP contribution in [-0.4, -0.2) is 13.3 Å². The summed E-state index contributed by atoms with van der Waals surface area (Å²) in [5.41, 5.74) is 0.446. The Balaban J connectivity index is 2.36. The van der Waals surface area contributed by atoms with E-state index in [-0.39, 0.29) is 26.4 Å². The van der Waals surface area contributed by atoms with Crippen LogP contribution in [0.2, 0.25) is 10.0 Å². The lowest BCUT2D eigenvalue weighted by atomic mass is 10.2. The smallest absolute Gasteiger partial charge is 0.339 e. The summed E-state index contributed by atoms with van der Waals surface area (Å²) >= 11 is 11.7. The molecule has 0 N–H and O–H groups in total. The van der Waals surface area contributed by atoms with Crippen molar-refractivity contribution in [1.29, 1.82) is 0 Å². The third kappa shape index (κ3) is 3.49. The van der Waals surface area contributed by atoms with E-state index in [1.165, 1.54) is 18.2 Å². The van der Waals surface area contributed by atoms with Crippen LogP contribution in [0.3, 0.4) is 0 Å². The second-order valence-corrected chi connectivity index (χ2v) is 6.68. The van der Waals surface area contributed by atoms with Gasteiger partial charge in [-0.2, -0.15) is 8.42 Å². The first-order valence-electron chi connectivity index (χ1n) is 5.85. The number of non-ortho nitro benzene ring substituents is 1. The zero-order valence-corrected chi connectivity index (χ0v) is 13.4. The van der Waals surface area contributed by atoms with Crippen molar-refractivity contribution in [2.45, 2.75) is 11.8 Å². The summed E-state index contributed by atoms with van der Waals surface area (Å²) in [6, 6.07) is 7.36. The third-order valence-electron chi connectivity index (χ3n) is 2.76. The van der Waals surface area contributed by atoms with Gasteiger partial charge in [0, 0.05) is 17.2 Å². The first-order valence-corrected chi connectivity index (χ1v) is 8.02. The fraction of sp³-hybridized carbons (Fsp3) is 0.0769. The number of benzene rings is 2. The van der Waals surface area contributed by atoms with Crippen molar-refractivity contribution in [2.24, 2.45) is 0 Å². The van der Waals surface area contributed by atoms with Gasteiger partial charge < -0.3 is 4.18 Å². The monoisotopic (exact) mass is 361 g/mol. The van der Waals surface area contributed by atoms with Crippen molar-refractivity contribution >= 4 is 39.0 Å². The largest absolute Gasteiger partial charge is 0.377 e. The minimum absolute atomic E-state index is 0.141. The highest BCUT2D eigenvalue weighted by Crippen LogP contribution is 2.31. The molecule has 0 spiro atoms. The molecule has 0 bridgehead atoms. The van der Waals surface area contributed by atoms with Crippen LogP contribution >= 0.6 is 23.2 Å². The van der Waals surface area contributed by atoms with E-state index < -0.39 is 15.0 Å². The summed E-state index contributed by atoms with van der Waals surface area (Å²) in [4.78, 5) is 9.82. The fourth-order valence-electron chi connectivity index (χ4n) is 1.57. The third-order valence-corrected chi connectivity index (χ3v) is 4.69. The van der Waals surface area contributed by atoms with Crippen LogP contribution in [0.25, 0.3) is 0 Å². The molecular weight excluding hydrogens is 353 g/mol. The molecule has 0 aromatic heterocycles. The lowest BCUT2D eigenvalue weighted by molar-refractivity contribution is -0.384. The zero-order valence-electron chi connectivity index (χ0n) is 11.1. The van der Waals surface area contributed by atoms with E-state index in [1.54, 1.807) is 6.92 Å². The van der Waals surface area contributed by atoms with E-state index in [4.69, 9.17) is 27.4 Å². The molecule has 116 valence electrons. The molecule has 0 amide bonds. The van der Waals surface area contributed by atoms with Gasteiger partial charge in [0.15, 0.2) is 5.75 Å². The van der Waals surface area contributed by atoms with Gasteiger partial charge in [0.05, 0.1) is 9.95 Å². The van der Waals surface area contributed by atoms with Gasteiger partial charge in [-0.3, -0.25) is 10.1 Å². The number of nitrogens with zero attached hydrogens (tertiary/aromatic N) is 1. The van der Waals surface area contributed by atoms with E-state index in [9.17, 15) is 18.5 Å². The molecule has 0 heterocycles. The number of halogens is 2. The molecular formula is C13H9Cl2NO5S. The predicted octanol–water partition coefficient (Wildman–Crippen LogP) is 3.98. The molecule has 0 unspecified atom stereocenters. The zero-order chi connectivity index (χ0) is 16.5. The maximum atomic E-state index is 12.2. The van der Waals surface area contributed by atoms with E-state index in [2.05, 4.69) is 0 Å². The Kier molecular flexibility index (Phi) is 4.60. The second kappa shape index (κ2) is 6.12. The van der Waals surface area contributed by atoms with Crippen molar-refractivity contribution in [1.82, 2.24) is 0 Å². The van der Waals surface area contributed by atoms with Gasteiger partial charge in [-0.15, -0.1) is 0 Å². The molecule has 0 aliphatic rings. The number of hydrogen-bond donors (Lipinski definition) is 0. The Bertz CT molecular complexity index is 852. The molecule has 0 atom stereocenters. The summed E-state index contributed by atoms with van der Waals surface area (Å²) in [6.07, 6.45) is 0. The van der Waals surface area contributed by atoms with Crippen LogP contribution in [0.4, 0.5) is 5.69 Å². The van der Waals surface area contributed by atoms with Gasteiger partial charge in [0.25, 0.3) is 5.69 Å². The van der Waals surface area contributed by atoms with Gasteiger partial charge >= 0.3 is 10.1 Å². The normalized spacial score (nSPS) is 11.2. The molecule has 0 aliphatic carbocycles. The SMILES string of the molecule is Cc1ccc(S(=O)(=O)Oc2ccc([N+](=O)[O-])cc2Cl)cc1Cl. The van der Waals surface area contributed by atoms with Crippen molar-refractivity contribution in [3.05, 3.63) is 62.1 Å². The molecule has 0 saturated carbocycles. The standard InChI is InChI=1S/C13H9Cl2NO5S/c1-8-2-4-10(7-11(8)14)22(19,20)21-13-5-3-9(16(17)18)6-12(13)15/h2-7H,1H3. The van der Waals surface area contributed by atoms with Crippen LogP contribution in [0.5, 0.6) is 5.75 Å². The van der Waals surface area contributed by atoms with Gasteiger partial charge in [-0.05, 0) is 30.7 Å². The molecule has 2 aromatic carbocycles. The molecule has 2 rings (SSSR count). The Hall–Kier alpha value is -1.83. The molecule has 0 fully saturated rings. The average Bonchev–Trinajstić information content (AvgIpc) is 2.43. The van der Waals surface area contributed by atoms with Crippen LogP contribution in [-0.2, 0) is 10.1 Å². The van der Waals surface area contributed by atoms with Crippen LogP contribution in [0, 0.1) is 17.0 Å². The van der Waals surface area contributed by atoms with Crippen LogP contribution in [0.15, 0.2) is 41.3 Å². The molecule has 2 aromatic rings. The minimum atomic E-state index is -4.15. The number of nitro groups is 1. The molecule has 0 radical (unpaired) electrons. The molecule has 6 nitrogen and oxygen atoms in total. The van der Waals surface area contributed by atoms with Gasteiger partial charge in [-0.1, -0.05) is 29.3 Å². The maximum Gasteiger partial charge on any atom is 0.339 e. The van der Waals surface area contributed by atoms with Crippen LogP contribution in [0.1, 0.15) is 5.56 Å². The van der Waals surface area contributed by atoms with Gasteiger partial charge in [-0.25, -0.2) is 0 Å². The molecule has 0 aliphatic heterocycles. The van der Waals surface area contributed by atoms with Crippen LogP contribution < -0.4 is 4.18 Å². The quantitative estimate of drug-likeness (QED) is 0.467. The number of rotatable bonds is 4. The summed E-state index contributed by atoms with van der Waals surface area (Å²) in [6.45, 7) is 1.73. The van der Waals surface area contributed by atoms with E-state index in [0.717, 1.165) is 18.2 Å². The highest BCUT2D eigenvalue weighted by molar-refractivity contribution is 7.87. The Morgan fingerprint density at radius 3 is 2.32 bits per heavy atom. The van der Waals surface area contributed by atoms with Gasteiger partial charge in [0.2, 0.25) is 0 Å². The summed E-state index contributed by atoms with van der Waals surface area (Å²) in [5, 5.41) is 10.7. The van der Waals surface area contributed by atoms with Crippen molar-refractivity contribution < 1.29 is 17.5 Å². The summed E-state index contributed by atoms with van der Waals surface area (Å²) in [7, 11) is -4.15. The highest BCUT2D eigenvalue weighted by atomic mass is 35.5. The van der Waals surface area contributed by atoms with E-state index in [0.29, 0.717) is 5.56 Å². The lowest BCUT2D eigenvalue weighted by Crippen LogP contribution is -2.10. The van der Waals surface area contributed by atoms with Gasteiger partial charge in [0.1, 0.15) is 4.90 Å². The molecule has 9 heteroatoms. The number of aryl methyl sites for hydroxylation is 1. The van der Waals surface area contributed by atoms with E-state index >= 15 is 0 Å². The minimum Gasteiger partial charge on any atom is -0.377 e. The maximum absolute atomic E-state index is 12.2. The fourth-order valence-corrected chi connectivity index (χ4v) is 3.05. The summed E-state index contributed by atoms with van der Waals surface area (Å²) < 4.78 is 29.2. The summed E-state index contributed by atoms with van der Waals surface area (Å²) in [5.74, 6) is -0.205. The first kappa shape index (κ1) is 16.5. The molecule has 22 heavy (non-hydrogen) atoms. The highest BCUT2D eigenvalue weighted by Gasteiger charge is 2.20.